The molecule has 0 saturated carbocycles. The minimum absolute atomic E-state index is 0.0399. The number of ether oxygens (including phenoxy) is 1. The summed E-state index contributed by atoms with van der Waals surface area (Å²) >= 11 is 1.57. The number of hydrogen-bond acceptors (Lipinski definition) is 4. The van der Waals surface area contributed by atoms with Crippen molar-refractivity contribution in [2.45, 2.75) is 38.9 Å². The monoisotopic (exact) mass is 213 g/mol. The van der Waals surface area contributed by atoms with Crippen molar-refractivity contribution in [1.29, 1.82) is 0 Å². The molecular weight excluding hydrogens is 198 g/mol. The van der Waals surface area contributed by atoms with Gasteiger partial charge in [0, 0.05) is 11.5 Å². The van der Waals surface area contributed by atoms with Crippen molar-refractivity contribution in [1.82, 2.24) is 4.98 Å². The Morgan fingerprint density at radius 2 is 2.43 bits per heavy atom. The Bertz CT molecular complexity index is 305. The van der Waals surface area contributed by atoms with Gasteiger partial charge in [0.1, 0.15) is 11.1 Å². The maximum atomic E-state index is 8.98. The van der Waals surface area contributed by atoms with Crippen LogP contribution in [0.25, 0.3) is 0 Å². The van der Waals surface area contributed by atoms with E-state index in [0.717, 1.165) is 30.2 Å². The molecule has 1 aliphatic rings. The maximum Gasteiger partial charge on any atom is 0.119 e. The summed E-state index contributed by atoms with van der Waals surface area (Å²) in [6, 6.07) is 0. The molecule has 0 radical (unpaired) electrons. The summed E-state index contributed by atoms with van der Waals surface area (Å²) in [6.45, 7) is 2.93. The Balaban J connectivity index is 2.17. The second-order valence-electron chi connectivity index (χ2n) is 3.56. The fourth-order valence-electron chi connectivity index (χ4n) is 1.79. The fraction of sp³-hybridized carbons (Fsp3) is 0.700. The molecule has 0 aliphatic carbocycles. The number of aliphatic hydroxyl groups excluding tert-OH is 1. The SMILES string of the molecule is Cc1sc(CO)nc1C1CCCCO1. The molecule has 1 N–H and O–H groups in total. The van der Waals surface area contributed by atoms with E-state index in [-0.39, 0.29) is 12.7 Å². The number of aliphatic hydroxyl groups is 1. The van der Waals surface area contributed by atoms with Crippen LogP contribution in [0.1, 0.15) is 40.9 Å². The van der Waals surface area contributed by atoms with E-state index >= 15 is 0 Å². The first-order valence-corrected chi connectivity index (χ1v) is 5.81. The number of aromatic nitrogens is 1. The summed E-state index contributed by atoms with van der Waals surface area (Å²) < 4.78 is 5.67. The molecule has 1 fully saturated rings. The van der Waals surface area contributed by atoms with Gasteiger partial charge in [0.2, 0.25) is 0 Å². The van der Waals surface area contributed by atoms with Crippen LogP contribution in [0.3, 0.4) is 0 Å². The van der Waals surface area contributed by atoms with Gasteiger partial charge in [-0.3, -0.25) is 0 Å². The zero-order valence-corrected chi connectivity index (χ0v) is 9.14. The molecule has 2 rings (SSSR count). The fourth-order valence-corrected chi connectivity index (χ4v) is 2.63. The van der Waals surface area contributed by atoms with Crippen LogP contribution in [0.4, 0.5) is 0 Å². The summed E-state index contributed by atoms with van der Waals surface area (Å²) in [5, 5.41) is 9.78. The maximum absolute atomic E-state index is 8.98. The minimum Gasteiger partial charge on any atom is -0.389 e. The van der Waals surface area contributed by atoms with Crippen LogP contribution in [-0.2, 0) is 11.3 Å². The average molecular weight is 213 g/mol. The molecular formula is C10H15NO2S. The quantitative estimate of drug-likeness (QED) is 0.818. The molecule has 0 spiro atoms. The molecule has 0 amide bonds. The Kier molecular flexibility index (Phi) is 3.15. The van der Waals surface area contributed by atoms with E-state index in [9.17, 15) is 0 Å². The molecule has 78 valence electrons. The highest BCUT2D eigenvalue weighted by Crippen LogP contribution is 2.31. The molecule has 1 aliphatic heterocycles. The lowest BCUT2D eigenvalue weighted by molar-refractivity contribution is 0.0122. The van der Waals surface area contributed by atoms with E-state index < -0.39 is 0 Å². The van der Waals surface area contributed by atoms with Crippen LogP contribution < -0.4 is 0 Å². The van der Waals surface area contributed by atoms with Crippen LogP contribution in [0.15, 0.2) is 0 Å². The normalized spacial score (nSPS) is 22.6. The lowest BCUT2D eigenvalue weighted by atomic mass is 10.1. The van der Waals surface area contributed by atoms with E-state index in [1.165, 1.54) is 11.3 Å². The van der Waals surface area contributed by atoms with Gasteiger partial charge in [-0.2, -0.15) is 0 Å². The number of nitrogens with zero attached hydrogens (tertiary/aromatic N) is 1. The first kappa shape index (κ1) is 10.1. The van der Waals surface area contributed by atoms with Crippen molar-refractivity contribution in [3.63, 3.8) is 0 Å². The van der Waals surface area contributed by atoms with Crippen molar-refractivity contribution < 1.29 is 9.84 Å². The van der Waals surface area contributed by atoms with Crippen LogP contribution >= 0.6 is 11.3 Å². The molecule has 4 heteroatoms. The highest BCUT2D eigenvalue weighted by atomic mass is 32.1. The topological polar surface area (TPSA) is 42.4 Å². The summed E-state index contributed by atoms with van der Waals surface area (Å²) in [6.07, 6.45) is 3.61. The molecule has 0 bridgehead atoms. The first-order chi connectivity index (χ1) is 6.81. The second-order valence-corrected chi connectivity index (χ2v) is 4.85. The highest BCUT2D eigenvalue weighted by molar-refractivity contribution is 7.11. The van der Waals surface area contributed by atoms with Crippen LogP contribution in [0, 0.1) is 6.92 Å². The van der Waals surface area contributed by atoms with Gasteiger partial charge >= 0.3 is 0 Å². The third-order valence-corrected chi connectivity index (χ3v) is 3.47. The smallest absolute Gasteiger partial charge is 0.119 e. The molecule has 1 saturated heterocycles. The van der Waals surface area contributed by atoms with Gasteiger partial charge in [-0.05, 0) is 26.2 Å². The molecule has 2 heterocycles. The van der Waals surface area contributed by atoms with Gasteiger partial charge < -0.3 is 9.84 Å². The summed E-state index contributed by atoms with van der Waals surface area (Å²) in [7, 11) is 0. The van der Waals surface area contributed by atoms with E-state index in [4.69, 9.17) is 9.84 Å². The first-order valence-electron chi connectivity index (χ1n) is 5.00. The third-order valence-electron chi connectivity index (χ3n) is 2.50. The molecule has 1 atom stereocenters. The van der Waals surface area contributed by atoms with Crippen molar-refractivity contribution in [3.8, 4) is 0 Å². The zero-order chi connectivity index (χ0) is 9.97. The van der Waals surface area contributed by atoms with Gasteiger partial charge in [-0.25, -0.2) is 4.98 Å². The lowest BCUT2D eigenvalue weighted by Gasteiger charge is -2.21. The van der Waals surface area contributed by atoms with Gasteiger partial charge in [0.05, 0.1) is 12.3 Å². The Hall–Kier alpha value is -0.450. The van der Waals surface area contributed by atoms with Crippen LogP contribution in [-0.4, -0.2) is 16.7 Å². The van der Waals surface area contributed by atoms with E-state index in [1.807, 2.05) is 6.92 Å². The standard InChI is InChI=1S/C10H15NO2S/c1-7-10(11-9(6-12)14-7)8-4-2-3-5-13-8/h8,12H,2-6H2,1H3. The molecule has 0 aromatic carbocycles. The van der Waals surface area contributed by atoms with Crippen molar-refractivity contribution in [3.05, 3.63) is 15.6 Å². The van der Waals surface area contributed by atoms with Gasteiger partial charge in [0.15, 0.2) is 0 Å². The zero-order valence-electron chi connectivity index (χ0n) is 8.32. The van der Waals surface area contributed by atoms with Crippen molar-refractivity contribution in [2.75, 3.05) is 6.61 Å². The second kappa shape index (κ2) is 4.38. The Morgan fingerprint density at radius 1 is 1.57 bits per heavy atom. The van der Waals surface area contributed by atoms with E-state index in [1.54, 1.807) is 11.3 Å². The summed E-state index contributed by atoms with van der Waals surface area (Å²) in [4.78, 5) is 5.58. The van der Waals surface area contributed by atoms with E-state index in [0.29, 0.717) is 0 Å². The van der Waals surface area contributed by atoms with Crippen molar-refractivity contribution >= 4 is 11.3 Å². The highest BCUT2D eigenvalue weighted by Gasteiger charge is 2.21. The predicted molar refractivity (Wildman–Crippen MR) is 55.3 cm³/mol. The predicted octanol–water partition coefficient (Wildman–Crippen LogP) is 2.19. The largest absolute Gasteiger partial charge is 0.389 e. The van der Waals surface area contributed by atoms with Crippen LogP contribution in [0.2, 0.25) is 0 Å². The lowest BCUT2D eigenvalue weighted by Crippen LogP contribution is -2.12. The molecule has 14 heavy (non-hydrogen) atoms. The van der Waals surface area contributed by atoms with Gasteiger partial charge in [0.25, 0.3) is 0 Å². The number of hydrogen-bond donors (Lipinski definition) is 1. The van der Waals surface area contributed by atoms with Gasteiger partial charge in [-0.15, -0.1) is 11.3 Å². The third kappa shape index (κ3) is 1.97. The number of thiazole rings is 1. The van der Waals surface area contributed by atoms with Gasteiger partial charge in [-0.1, -0.05) is 0 Å². The average Bonchev–Trinajstić information content (AvgIpc) is 2.61. The molecule has 1 aromatic rings. The molecule has 1 aromatic heterocycles. The number of rotatable bonds is 2. The van der Waals surface area contributed by atoms with Crippen LogP contribution in [0.5, 0.6) is 0 Å². The molecule has 1 unspecified atom stereocenters. The Labute approximate surface area is 87.7 Å². The summed E-state index contributed by atoms with van der Waals surface area (Å²) in [5.41, 5.74) is 1.04. The number of aryl methyl sites for hydroxylation is 1. The molecule has 3 nitrogen and oxygen atoms in total. The van der Waals surface area contributed by atoms with E-state index in [2.05, 4.69) is 4.98 Å². The Morgan fingerprint density at radius 3 is 3.00 bits per heavy atom. The summed E-state index contributed by atoms with van der Waals surface area (Å²) in [5.74, 6) is 0. The van der Waals surface area contributed by atoms with Crippen molar-refractivity contribution in [2.24, 2.45) is 0 Å². The minimum atomic E-state index is 0.0399.